The van der Waals surface area contributed by atoms with Gasteiger partial charge in [0.2, 0.25) is 18.6 Å². The molecule has 2 fully saturated rings. The van der Waals surface area contributed by atoms with E-state index in [9.17, 15) is 9.59 Å². The molecule has 10 heteroatoms. The number of carbonyl (C=O) groups is 2. The van der Waals surface area contributed by atoms with Crippen LogP contribution in [-0.4, -0.2) is 53.5 Å². The smallest absolute Gasteiger partial charge is 0.231 e. The van der Waals surface area contributed by atoms with Gasteiger partial charge in [0.25, 0.3) is 0 Å². The SMILES string of the molecule is O=C(CSc1cc(N2CCC(C(=O)NC3CC3)CC2)ncn1)NCc1ccc2c(c1)OCO2. The number of ether oxygens (including phenoxy) is 2. The van der Waals surface area contributed by atoms with Crippen LogP contribution in [0.25, 0.3) is 0 Å². The van der Waals surface area contributed by atoms with Gasteiger partial charge in [-0.2, -0.15) is 0 Å². The van der Waals surface area contributed by atoms with Crippen LogP contribution in [0.5, 0.6) is 11.5 Å². The molecule has 174 valence electrons. The van der Waals surface area contributed by atoms with E-state index in [1.165, 1.54) is 18.1 Å². The number of rotatable bonds is 8. The summed E-state index contributed by atoms with van der Waals surface area (Å²) in [6.07, 6.45) is 5.42. The predicted octanol–water partition coefficient (Wildman–Crippen LogP) is 2.11. The van der Waals surface area contributed by atoms with Crippen molar-refractivity contribution in [2.24, 2.45) is 5.92 Å². The minimum absolute atomic E-state index is 0.0691. The Kier molecular flexibility index (Phi) is 6.52. The minimum Gasteiger partial charge on any atom is -0.454 e. The van der Waals surface area contributed by atoms with Crippen LogP contribution >= 0.6 is 11.8 Å². The Morgan fingerprint density at radius 3 is 2.70 bits per heavy atom. The average molecular weight is 470 g/mol. The number of thioether (sulfide) groups is 1. The van der Waals surface area contributed by atoms with Gasteiger partial charge in [-0.3, -0.25) is 9.59 Å². The summed E-state index contributed by atoms with van der Waals surface area (Å²) in [7, 11) is 0. The van der Waals surface area contributed by atoms with Gasteiger partial charge in [-0.25, -0.2) is 9.97 Å². The van der Waals surface area contributed by atoms with Crippen LogP contribution in [0.4, 0.5) is 5.82 Å². The molecular formula is C23H27N5O4S. The number of aromatic nitrogens is 2. The van der Waals surface area contributed by atoms with Gasteiger partial charge in [-0.1, -0.05) is 17.8 Å². The first-order valence-electron chi connectivity index (χ1n) is 11.3. The summed E-state index contributed by atoms with van der Waals surface area (Å²) < 4.78 is 10.7. The van der Waals surface area contributed by atoms with Crippen molar-refractivity contribution >= 4 is 29.4 Å². The first-order chi connectivity index (χ1) is 16.1. The van der Waals surface area contributed by atoms with Gasteiger partial charge in [-0.15, -0.1) is 0 Å². The summed E-state index contributed by atoms with van der Waals surface area (Å²) in [5.41, 5.74) is 0.955. The highest BCUT2D eigenvalue weighted by molar-refractivity contribution is 7.99. The first-order valence-corrected chi connectivity index (χ1v) is 12.3. The molecule has 3 heterocycles. The molecule has 3 aliphatic rings. The Morgan fingerprint density at radius 1 is 1.06 bits per heavy atom. The molecular weight excluding hydrogens is 442 g/mol. The largest absolute Gasteiger partial charge is 0.454 e. The van der Waals surface area contributed by atoms with Gasteiger partial charge >= 0.3 is 0 Å². The van der Waals surface area contributed by atoms with Crippen molar-refractivity contribution in [2.75, 3.05) is 30.5 Å². The monoisotopic (exact) mass is 469 g/mol. The van der Waals surface area contributed by atoms with Crippen molar-refractivity contribution in [1.82, 2.24) is 20.6 Å². The molecule has 0 unspecified atom stereocenters. The van der Waals surface area contributed by atoms with E-state index in [1.54, 1.807) is 0 Å². The molecule has 2 amide bonds. The number of benzene rings is 1. The molecule has 1 aliphatic carbocycles. The standard InChI is InChI=1S/C23H27N5O4S/c29-21(24-11-15-1-4-18-19(9-15)32-14-31-18)12-33-22-10-20(25-13-26-22)28-7-5-16(6-8-28)23(30)27-17-2-3-17/h1,4,9-10,13,16-17H,2-3,5-8,11-12,14H2,(H,24,29)(H,27,30). The number of piperidine rings is 1. The number of hydrogen-bond donors (Lipinski definition) is 2. The first kappa shape index (κ1) is 21.8. The Labute approximate surface area is 196 Å². The summed E-state index contributed by atoms with van der Waals surface area (Å²) in [6, 6.07) is 7.97. The quantitative estimate of drug-likeness (QED) is 0.447. The lowest BCUT2D eigenvalue weighted by molar-refractivity contribution is -0.125. The fourth-order valence-electron chi connectivity index (χ4n) is 3.94. The number of amides is 2. The topological polar surface area (TPSA) is 106 Å². The van der Waals surface area contributed by atoms with E-state index in [1.807, 2.05) is 24.3 Å². The Balaban J connectivity index is 1.07. The summed E-state index contributed by atoms with van der Waals surface area (Å²) >= 11 is 1.38. The van der Waals surface area contributed by atoms with Crippen molar-refractivity contribution < 1.29 is 19.1 Å². The van der Waals surface area contributed by atoms with Crippen molar-refractivity contribution in [2.45, 2.75) is 43.3 Å². The van der Waals surface area contributed by atoms with Crippen LogP contribution in [0, 0.1) is 5.92 Å². The molecule has 9 nitrogen and oxygen atoms in total. The van der Waals surface area contributed by atoms with Crippen LogP contribution in [-0.2, 0) is 16.1 Å². The molecule has 2 N–H and O–H groups in total. The fourth-order valence-corrected chi connectivity index (χ4v) is 4.63. The van der Waals surface area contributed by atoms with E-state index in [0.29, 0.717) is 18.3 Å². The Hall–Kier alpha value is -3.01. The normalized spacial score (nSPS) is 17.6. The lowest BCUT2D eigenvalue weighted by Crippen LogP contribution is -2.41. The summed E-state index contributed by atoms with van der Waals surface area (Å²) in [5.74, 6) is 2.76. The molecule has 1 saturated carbocycles. The highest BCUT2D eigenvalue weighted by atomic mass is 32.2. The maximum atomic E-state index is 12.3. The number of fused-ring (bicyclic) bond motifs is 1. The molecule has 1 saturated heterocycles. The lowest BCUT2D eigenvalue weighted by atomic mass is 9.96. The molecule has 33 heavy (non-hydrogen) atoms. The third-order valence-corrected chi connectivity index (χ3v) is 6.94. The van der Waals surface area contributed by atoms with Crippen molar-refractivity contribution in [3.8, 4) is 11.5 Å². The van der Waals surface area contributed by atoms with E-state index in [4.69, 9.17) is 9.47 Å². The van der Waals surface area contributed by atoms with Crippen LogP contribution < -0.4 is 25.0 Å². The summed E-state index contributed by atoms with van der Waals surface area (Å²) in [5, 5.41) is 6.79. The zero-order chi connectivity index (χ0) is 22.6. The highest BCUT2D eigenvalue weighted by Crippen LogP contribution is 2.32. The lowest BCUT2D eigenvalue weighted by Gasteiger charge is -2.32. The second-order valence-electron chi connectivity index (χ2n) is 8.51. The summed E-state index contributed by atoms with van der Waals surface area (Å²) in [4.78, 5) is 35.5. The van der Waals surface area contributed by atoms with E-state index < -0.39 is 0 Å². The second-order valence-corrected chi connectivity index (χ2v) is 9.51. The van der Waals surface area contributed by atoms with Gasteiger partial charge in [-0.05, 0) is 43.4 Å². The van der Waals surface area contributed by atoms with Gasteiger partial charge in [0.1, 0.15) is 17.2 Å². The Morgan fingerprint density at radius 2 is 1.88 bits per heavy atom. The molecule has 0 radical (unpaired) electrons. The van der Waals surface area contributed by atoms with Crippen LogP contribution in [0.3, 0.4) is 0 Å². The number of nitrogens with zero attached hydrogens (tertiary/aromatic N) is 3. The van der Waals surface area contributed by atoms with E-state index in [2.05, 4.69) is 25.5 Å². The van der Waals surface area contributed by atoms with Gasteiger partial charge in [0.05, 0.1) is 5.75 Å². The molecule has 2 aromatic rings. The van der Waals surface area contributed by atoms with Crippen LogP contribution in [0.15, 0.2) is 35.6 Å². The summed E-state index contributed by atoms with van der Waals surface area (Å²) in [6.45, 7) is 2.24. The zero-order valence-corrected chi connectivity index (χ0v) is 19.1. The Bertz CT molecular complexity index is 1020. The average Bonchev–Trinajstić information content (AvgIpc) is 3.54. The van der Waals surface area contributed by atoms with Crippen molar-refractivity contribution in [3.05, 3.63) is 36.2 Å². The van der Waals surface area contributed by atoms with Crippen molar-refractivity contribution in [1.29, 1.82) is 0 Å². The number of nitrogens with one attached hydrogen (secondary N) is 2. The van der Waals surface area contributed by atoms with Gasteiger partial charge in [0, 0.05) is 37.7 Å². The molecule has 5 rings (SSSR count). The molecule has 1 aromatic carbocycles. The van der Waals surface area contributed by atoms with Gasteiger partial charge < -0.3 is 25.0 Å². The fraction of sp³-hybridized carbons (Fsp3) is 0.478. The second kappa shape index (κ2) is 9.86. The third-order valence-electron chi connectivity index (χ3n) is 6.02. The number of carbonyl (C=O) groups excluding carboxylic acids is 2. The van der Waals surface area contributed by atoms with E-state index >= 15 is 0 Å². The predicted molar refractivity (Wildman–Crippen MR) is 123 cm³/mol. The van der Waals surface area contributed by atoms with Gasteiger partial charge in [0.15, 0.2) is 11.5 Å². The van der Waals surface area contributed by atoms with E-state index in [-0.39, 0.29) is 30.3 Å². The van der Waals surface area contributed by atoms with E-state index in [0.717, 1.165) is 60.9 Å². The molecule has 2 aliphatic heterocycles. The molecule has 0 bridgehead atoms. The van der Waals surface area contributed by atoms with Crippen molar-refractivity contribution in [3.63, 3.8) is 0 Å². The minimum atomic E-state index is -0.0691. The number of hydrogen-bond acceptors (Lipinski definition) is 8. The zero-order valence-electron chi connectivity index (χ0n) is 18.3. The molecule has 1 aromatic heterocycles. The van der Waals surface area contributed by atoms with Crippen LogP contribution in [0.1, 0.15) is 31.2 Å². The third kappa shape index (κ3) is 5.68. The maximum Gasteiger partial charge on any atom is 0.231 e. The molecule has 0 spiro atoms. The maximum absolute atomic E-state index is 12.3. The molecule has 0 atom stereocenters. The number of anilines is 1. The van der Waals surface area contributed by atoms with Crippen LogP contribution in [0.2, 0.25) is 0 Å². The highest BCUT2D eigenvalue weighted by Gasteiger charge is 2.30.